The molecule has 0 unspecified atom stereocenters. The molecule has 0 bridgehead atoms. The molecule has 1 amide bonds. The molecule has 3 aromatic rings. The fourth-order valence-corrected chi connectivity index (χ4v) is 3.31. The summed E-state index contributed by atoms with van der Waals surface area (Å²) in [6.45, 7) is 4.75. The summed E-state index contributed by atoms with van der Waals surface area (Å²) >= 11 is 0. The van der Waals surface area contributed by atoms with E-state index in [2.05, 4.69) is 40.1 Å². The van der Waals surface area contributed by atoms with Crippen molar-refractivity contribution in [1.29, 1.82) is 0 Å². The van der Waals surface area contributed by atoms with Crippen LogP contribution in [0.25, 0.3) is 5.69 Å². The predicted molar refractivity (Wildman–Crippen MR) is 103 cm³/mol. The average molecular weight is 363 g/mol. The molecule has 1 N–H and O–H groups in total. The molecule has 2 heterocycles. The standard InChI is InChI=1S/C20H21N5O2/c1-15-6-5-9-17(14-15)23-10-12-24(13-11-23)19(26)18-21-20(27)25(22-18)16-7-3-2-4-8-16/h2-9,14H,10-13H2,1H3,(H,21,22,27). The Labute approximate surface area is 156 Å². The molecule has 1 aliphatic rings. The summed E-state index contributed by atoms with van der Waals surface area (Å²) in [6, 6.07) is 17.4. The zero-order chi connectivity index (χ0) is 18.8. The number of carbonyl (C=O) groups excluding carboxylic acids is 1. The summed E-state index contributed by atoms with van der Waals surface area (Å²) in [5, 5.41) is 4.19. The molecule has 1 fully saturated rings. The molecule has 1 aromatic heterocycles. The fourth-order valence-electron chi connectivity index (χ4n) is 3.31. The molecule has 1 aliphatic heterocycles. The zero-order valence-corrected chi connectivity index (χ0v) is 15.1. The molecule has 0 radical (unpaired) electrons. The van der Waals surface area contributed by atoms with E-state index < -0.39 is 5.69 Å². The molecule has 4 rings (SSSR count). The Kier molecular flexibility index (Phi) is 4.50. The maximum absolute atomic E-state index is 12.8. The van der Waals surface area contributed by atoms with Crippen molar-refractivity contribution in [2.75, 3.05) is 31.1 Å². The summed E-state index contributed by atoms with van der Waals surface area (Å²) in [4.78, 5) is 31.5. The topological polar surface area (TPSA) is 74.2 Å². The third-order valence-corrected chi connectivity index (χ3v) is 4.75. The second kappa shape index (κ2) is 7.11. The number of aryl methyl sites for hydroxylation is 1. The van der Waals surface area contributed by atoms with Crippen molar-refractivity contribution < 1.29 is 4.79 Å². The van der Waals surface area contributed by atoms with E-state index in [0.717, 1.165) is 13.1 Å². The minimum Gasteiger partial charge on any atom is -0.368 e. The zero-order valence-electron chi connectivity index (χ0n) is 15.1. The van der Waals surface area contributed by atoms with E-state index in [0.29, 0.717) is 18.8 Å². The van der Waals surface area contributed by atoms with Gasteiger partial charge >= 0.3 is 5.69 Å². The van der Waals surface area contributed by atoms with E-state index in [1.807, 2.05) is 24.3 Å². The van der Waals surface area contributed by atoms with Gasteiger partial charge in [-0.3, -0.25) is 9.78 Å². The number of piperazine rings is 1. The first kappa shape index (κ1) is 17.1. The maximum atomic E-state index is 12.8. The second-order valence-electron chi connectivity index (χ2n) is 6.64. The Balaban J connectivity index is 1.46. The molecule has 0 atom stereocenters. The third kappa shape index (κ3) is 3.48. The van der Waals surface area contributed by atoms with Crippen LogP contribution in [0.15, 0.2) is 59.4 Å². The van der Waals surface area contributed by atoms with Crippen LogP contribution in [0.5, 0.6) is 0 Å². The van der Waals surface area contributed by atoms with E-state index in [9.17, 15) is 9.59 Å². The monoisotopic (exact) mass is 363 g/mol. The summed E-state index contributed by atoms with van der Waals surface area (Å²) in [5.41, 5.74) is 2.60. The number of rotatable bonds is 3. The Bertz CT molecular complexity index is 1000. The highest BCUT2D eigenvalue weighted by Crippen LogP contribution is 2.18. The number of aromatic amines is 1. The SMILES string of the molecule is Cc1cccc(N2CCN(C(=O)c3nn(-c4ccccc4)c(=O)[nH]3)CC2)c1. The van der Waals surface area contributed by atoms with Gasteiger partial charge in [0.1, 0.15) is 0 Å². The van der Waals surface area contributed by atoms with Gasteiger partial charge in [0.25, 0.3) is 5.91 Å². The van der Waals surface area contributed by atoms with E-state index in [-0.39, 0.29) is 11.7 Å². The first-order chi connectivity index (χ1) is 13.1. The van der Waals surface area contributed by atoms with Gasteiger partial charge in [-0.25, -0.2) is 4.79 Å². The van der Waals surface area contributed by atoms with Crippen LogP contribution >= 0.6 is 0 Å². The molecular formula is C20H21N5O2. The van der Waals surface area contributed by atoms with Gasteiger partial charge in [-0.1, -0.05) is 30.3 Å². The summed E-state index contributed by atoms with van der Waals surface area (Å²) in [5.74, 6) is -0.168. The third-order valence-electron chi connectivity index (χ3n) is 4.75. The van der Waals surface area contributed by atoms with Crippen molar-refractivity contribution in [1.82, 2.24) is 19.7 Å². The first-order valence-corrected chi connectivity index (χ1v) is 8.97. The van der Waals surface area contributed by atoms with E-state index in [1.165, 1.54) is 15.9 Å². The van der Waals surface area contributed by atoms with Gasteiger partial charge < -0.3 is 9.80 Å². The number of anilines is 1. The van der Waals surface area contributed by atoms with Crippen LogP contribution in [0.4, 0.5) is 5.69 Å². The van der Waals surface area contributed by atoms with Gasteiger partial charge in [0.05, 0.1) is 5.69 Å². The molecule has 1 saturated heterocycles. The minimum atomic E-state index is -0.414. The average Bonchev–Trinajstić information content (AvgIpc) is 3.10. The van der Waals surface area contributed by atoms with E-state index >= 15 is 0 Å². The summed E-state index contributed by atoms with van der Waals surface area (Å²) in [7, 11) is 0. The Morgan fingerprint density at radius 3 is 2.37 bits per heavy atom. The van der Waals surface area contributed by atoms with Crippen LogP contribution in [-0.4, -0.2) is 51.8 Å². The molecule has 0 aliphatic carbocycles. The van der Waals surface area contributed by atoms with Crippen LogP contribution < -0.4 is 10.6 Å². The van der Waals surface area contributed by atoms with Crippen molar-refractivity contribution >= 4 is 11.6 Å². The maximum Gasteiger partial charge on any atom is 0.348 e. The van der Waals surface area contributed by atoms with Crippen LogP contribution in [0.1, 0.15) is 16.2 Å². The van der Waals surface area contributed by atoms with E-state index in [1.54, 1.807) is 17.0 Å². The number of carbonyl (C=O) groups is 1. The van der Waals surface area contributed by atoms with E-state index in [4.69, 9.17) is 0 Å². The van der Waals surface area contributed by atoms with Crippen LogP contribution in [0.2, 0.25) is 0 Å². The second-order valence-corrected chi connectivity index (χ2v) is 6.64. The highest BCUT2D eigenvalue weighted by Gasteiger charge is 2.25. The molecule has 0 saturated carbocycles. The first-order valence-electron chi connectivity index (χ1n) is 8.97. The number of para-hydroxylation sites is 1. The number of aromatic nitrogens is 3. The number of nitrogens with one attached hydrogen (secondary N) is 1. The molecule has 7 nitrogen and oxygen atoms in total. The molecule has 27 heavy (non-hydrogen) atoms. The van der Waals surface area contributed by atoms with Crippen LogP contribution in [-0.2, 0) is 0 Å². The molecule has 7 heteroatoms. The largest absolute Gasteiger partial charge is 0.368 e. The van der Waals surface area contributed by atoms with Crippen molar-refractivity contribution in [3.8, 4) is 5.69 Å². The number of amides is 1. The minimum absolute atomic E-state index is 0.0767. The quantitative estimate of drug-likeness (QED) is 0.770. The van der Waals surface area contributed by atoms with Crippen molar-refractivity contribution in [2.45, 2.75) is 6.92 Å². The molecular weight excluding hydrogens is 342 g/mol. The van der Waals surface area contributed by atoms with Crippen molar-refractivity contribution in [3.63, 3.8) is 0 Å². The molecule has 2 aromatic carbocycles. The van der Waals surface area contributed by atoms with Gasteiger partial charge in [-0.05, 0) is 36.8 Å². The lowest BCUT2D eigenvalue weighted by atomic mass is 10.2. The van der Waals surface area contributed by atoms with Crippen LogP contribution in [0.3, 0.4) is 0 Å². The lowest BCUT2D eigenvalue weighted by Gasteiger charge is -2.35. The normalized spacial score (nSPS) is 14.4. The van der Waals surface area contributed by atoms with Gasteiger partial charge in [0.2, 0.25) is 5.82 Å². The number of hydrogen-bond donors (Lipinski definition) is 1. The lowest BCUT2D eigenvalue weighted by molar-refractivity contribution is 0.0734. The smallest absolute Gasteiger partial charge is 0.348 e. The van der Waals surface area contributed by atoms with Gasteiger partial charge in [0.15, 0.2) is 0 Å². The van der Waals surface area contributed by atoms with Gasteiger partial charge in [-0.15, -0.1) is 5.10 Å². The molecule has 0 spiro atoms. The Morgan fingerprint density at radius 2 is 1.67 bits per heavy atom. The number of H-pyrrole nitrogens is 1. The number of nitrogens with zero attached hydrogens (tertiary/aromatic N) is 4. The highest BCUT2D eigenvalue weighted by molar-refractivity contribution is 5.90. The van der Waals surface area contributed by atoms with Crippen molar-refractivity contribution in [2.24, 2.45) is 0 Å². The lowest BCUT2D eigenvalue weighted by Crippen LogP contribution is -2.49. The Hall–Kier alpha value is -3.35. The van der Waals surface area contributed by atoms with Gasteiger partial charge in [-0.2, -0.15) is 4.68 Å². The fraction of sp³-hybridized carbons (Fsp3) is 0.250. The van der Waals surface area contributed by atoms with Gasteiger partial charge in [0, 0.05) is 31.9 Å². The Morgan fingerprint density at radius 1 is 0.963 bits per heavy atom. The van der Waals surface area contributed by atoms with Crippen molar-refractivity contribution in [3.05, 3.63) is 76.5 Å². The summed E-state index contributed by atoms with van der Waals surface area (Å²) < 4.78 is 1.22. The van der Waals surface area contributed by atoms with Crippen LogP contribution in [0, 0.1) is 6.92 Å². The number of benzene rings is 2. The predicted octanol–water partition coefficient (Wildman–Crippen LogP) is 1.83. The number of hydrogen-bond acceptors (Lipinski definition) is 4. The molecule has 138 valence electrons. The highest BCUT2D eigenvalue weighted by atomic mass is 16.2. The summed E-state index contributed by atoms with van der Waals surface area (Å²) in [6.07, 6.45) is 0.